The van der Waals surface area contributed by atoms with Gasteiger partial charge in [0.1, 0.15) is 0 Å². The molecule has 16 aromatic rings. The van der Waals surface area contributed by atoms with Crippen LogP contribution in [0, 0.1) is 0 Å². The number of nitrogens with zero attached hydrogens (tertiary/aromatic N) is 4. The van der Waals surface area contributed by atoms with Gasteiger partial charge < -0.3 is 18.9 Å². The van der Waals surface area contributed by atoms with Crippen molar-refractivity contribution in [2.24, 2.45) is 0 Å². The van der Waals surface area contributed by atoms with Crippen LogP contribution in [0.15, 0.2) is 279 Å². The minimum absolute atomic E-state index is 0.0126. The van der Waals surface area contributed by atoms with Crippen LogP contribution in [0.1, 0.15) is 101 Å². The fraction of sp³-hybridized carbons (Fsp3) is 0.133. The lowest BCUT2D eigenvalue weighted by Crippen LogP contribution is -2.61. The normalized spacial score (nSPS) is 15.5. The molecule has 0 bridgehead atoms. The summed E-state index contributed by atoms with van der Waals surface area (Å²) in [4.78, 5) is 4.77. The number of para-hydroxylation sites is 4. The molecule has 0 amide bonds. The summed E-state index contributed by atoms with van der Waals surface area (Å²) in [5.41, 5.74) is 16.6. The molecule has 13 aromatic carbocycles. The first-order valence-electron chi connectivity index (χ1n) is 40.6. The van der Waals surface area contributed by atoms with Crippen molar-refractivity contribution in [2.45, 2.75) is 78.6 Å². The predicted octanol–water partition coefficient (Wildman–Crippen LogP) is 23.2. The molecule has 0 spiro atoms. The van der Waals surface area contributed by atoms with Crippen LogP contribution in [0.3, 0.4) is 0 Å². The van der Waals surface area contributed by atoms with E-state index in [2.05, 4.69) is 200 Å². The second kappa shape index (κ2) is 21.4. The number of rotatable bonds is 7. The van der Waals surface area contributed by atoms with Gasteiger partial charge in [0.15, 0.2) is 0 Å². The van der Waals surface area contributed by atoms with E-state index in [4.69, 9.17) is 8.22 Å². The molecule has 18 rings (SSSR count). The topological polar surface area (TPSA) is 16.3 Å². The van der Waals surface area contributed by atoms with Gasteiger partial charge in [0.25, 0.3) is 6.71 Å². The van der Waals surface area contributed by atoms with Crippen molar-refractivity contribution in [3.8, 4) is 44.8 Å². The Morgan fingerprint density at radius 3 is 1.30 bits per heavy atom. The lowest BCUT2D eigenvalue weighted by Gasteiger charge is -2.46. The fourth-order valence-corrected chi connectivity index (χ4v) is 16.2. The first-order chi connectivity index (χ1) is 53.2. The summed E-state index contributed by atoms with van der Waals surface area (Å²) in [6.07, 6.45) is 0. The quantitative estimate of drug-likeness (QED) is 0.148. The highest BCUT2D eigenvalue weighted by atomic mass is 32.1. The van der Waals surface area contributed by atoms with Gasteiger partial charge in [0.2, 0.25) is 0 Å². The van der Waals surface area contributed by atoms with Crippen LogP contribution in [0.4, 0.5) is 34.1 Å². The van der Waals surface area contributed by atoms with Gasteiger partial charge in [-0.05, 0) is 150 Å². The average molecular weight is 1270 g/mol. The molecule has 0 aliphatic carbocycles. The second-order valence-electron chi connectivity index (χ2n) is 28.5. The zero-order valence-electron chi connectivity index (χ0n) is 70.6. The standard InChI is InChI=1S/C90H73BN4S/c1-88(2,3)60-32-24-31-58(49-60)59-45-47-72-80(50-59)95(85-70(56-27-12-10-13-28-56)51-61(89(4,5)6)52-71(85)57-29-14-11-15-30-57)83-54-62(90(7,8)9)53-82-84(83)91(72)73-48-46-63(92-74-39-20-16-33-64(74)65-34-17-21-40-75(65)92)55-81(73)94(82)79-44-26-38-69-68-37-25-43-78(86(68)96-87(69)79)93-76-41-22-18-35-66(76)67-36-19-23-42-77(67)93/h10-55H,1-9H3/i16D,17D,18D,19D,20D,21D,22D,23D,33D,34D,35D,36D,39D,40D,41D,42D. The summed E-state index contributed by atoms with van der Waals surface area (Å²) in [7, 11) is 0. The van der Waals surface area contributed by atoms with Gasteiger partial charge in [-0.3, -0.25) is 0 Å². The van der Waals surface area contributed by atoms with E-state index in [1.807, 2.05) is 54.6 Å². The third-order valence-electron chi connectivity index (χ3n) is 19.6. The molecule has 462 valence electrons. The Morgan fingerprint density at radius 1 is 0.323 bits per heavy atom. The third kappa shape index (κ3) is 8.95. The zero-order valence-corrected chi connectivity index (χ0v) is 55.4. The van der Waals surface area contributed by atoms with E-state index < -0.39 is 109 Å². The number of aromatic nitrogens is 2. The second-order valence-corrected chi connectivity index (χ2v) is 29.5. The van der Waals surface area contributed by atoms with Gasteiger partial charge >= 0.3 is 0 Å². The van der Waals surface area contributed by atoms with E-state index in [-0.39, 0.29) is 54.4 Å². The van der Waals surface area contributed by atoms with Gasteiger partial charge in [-0.25, -0.2) is 0 Å². The van der Waals surface area contributed by atoms with Crippen LogP contribution in [0.2, 0.25) is 0 Å². The lowest BCUT2D eigenvalue weighted by molar-refractivity contribution is 0.590. The summed E-state index contributed by atoms with van der Waals surface area (Å²) < 4.78 is 153. The molecule has 0 fully saturated rings. The number of fused-ring (bicyclic) bond motifs is 13. The molecular weight excluding hydrogens is 1180 g/mol. The zero-order chi connectivity index (χ0) is 79.0. The molecule has 5 heterocycles. The summed E-state index contributed by atoms with van der Waals surface area (Å²) in [5, 5.41) is 1.32. The minimum atomic E-state index is -0.565. The molecule has 0 N–H and O–H groups in total. The largest absolute Gasteiger partial charge is 0.310 e. The molecular formula is C90H73BN4S. The molecule has 0 saturated heterocycles. The van der Waals surface area contributed by atoms with Crippen molar-refractivity contribution in [3.63, 3.8) is 0 Å². The van der Waals surface area contributed by atoms with Crippen LogP contribution in [-0.4, -0.2) is 15.8 Å². The maximum Gasteiger partial charge on any atom is 0.252 e. The van der Waals surface area contributed by atoms with Crippen molar-refractivity contribution in [1.29, 1.82) is 0 Å². The molecule has 2 aliphatic heterocycles. The van der Waals surface area contributed by atoms with Crippen LogP contribution in [-0.2, 0) is 16.2 Å². The highest BCUT2D eigenvalue weighted by molar-refractivity contribution is 7.27. The third-order valence-corrected chi connectivity index (χ3v) is 20.9. The summed E-state index contributed by atoms with van der Waals surface area (Å²) >= 11 is 1.42. The average Bonchev–Trinajstić information content (AvgIpc) is 1.01. The number of hydrogen-bond donors (Lipinski definition) is 0. The molecule has 3 aromatic heterocycles. The maximum atomic E-state index is 9.77. The molecule has 0 radical (unpaired) electrons. The molecule has 2 aliphatic rings. The number of thiophene rings is 1. The fourth-order valence-electron chi connectivity index (χ4n) is 14.9. The maximum absolute atomic E-state index is 9.77. The smallest absolute Gasteiger partial charge is 0.252 e. The Balaban J connectivity index is 1.02. The minimum Gasteiger partial charge on any atom is -0.310 e. The molecule has 0 saturated carbocycles. The van der Waals surface area contributed by atoms with Crippen molar-refractivity contribution in [1.82, 2.24) is 9.13 Å². The Kier molecular flexibility index (Phi) is 9.68. The number of benzene rings is 13. The monoisotopic (exact) mass is 1270 g/mol. The van der Waals surface area contributed by atoms with Crippen molar-refractivity contribution < 1.29 is 21.9 Å². The van der Waals surface area contributed by atoms with Crippen LogP contribution >= 0.6 is 11.3 Å². The van der Waals surface area contributed by atoms with E-state index in [0.29, 0.717) is 27.4 Å². The summed E-state index contributed by atoms with van der Waals surface area (Å²) in [6, 6.07) is 55.9. The first-order valence-corrected chi connectivity index (χ1v) is 33.4. The Labute approximate surface area is 589 Å². The highest BCUT2D eigenvalue weighted by Gasteiger charge is 2.46. The highest BCUT2D eigenvalue weighted by Crippen LogP contribution is 2.55. The Bertz CT molecular complexity index is 6650. The number of hydrogen-bond acceptors (Lipinski definition) is 3. The first kappa shape index (κ1) is 43.4. The molecule has 96 heavy (non-hydrogen) atoms. The summed E-state index contributed by atoms with van der Waals surface area (Å²) in [6.45, 7) is 19.5. The van der Waals surface area contributed by atoms with E-state index in [1.54, 1.807) is 9.13 Å². The SMILES string of the molecule is [2H]c1c([2H])c([2H])c2c(c1[2H])c1c([2H])c([2H])c([2H])c([2H])c1n2-c1ccc2c(c1)N(c1cccc3c1sc1c(-n4c5c([2H])c([2H])c([2H])c([2H])c5c5c([2H])c([2H])c([2H])c([2H])c54)cccc13)c1cc(C(C)(C)C)cc3c1B2c1ccc(-c2cccc(C(C)(C)C)c2)cc1N3c1c(-c2ccccc2)cc(C(C)(C)C)cc1-c1ccccc1. The van der Waals surface area contributed by atoms with E-state index >= 15 is 0 Å². The Morgan fingerprint density at radius 2 is 0.760 bits per heavy atom. The van der Waals surface area contributed by atoms with Gasteiger partial charge in [0.05, 0.1) is 70.5 Å². The Hall–Kier alpha value is -10.7. The van der Waals surface area contributed by atoms with Gasteiger partial charge in [0, 0.05) is 71.9 Å². The molecule has 0 unspecified atom stereocenters. The summed E-state index contributed by atoms with van der Waals surface area (Å²) in [5.74, 6) is 0. The molecule has 4 nitrogen and oxygen atoms in total. The molecule has 0 atom stereocenters. The molecule has 6 heteroatoms. The van der Waals surface area contributed by atoms with Crippen LogP contribution in [0.25, 0.3) is 109 Å². The van der Waals surface area contributed by atoms with Crippen molar-refractivity contribution in [3.05, 3.63) is 295 Å². The van der Waals surface area contributed by atoms with Crippen molar-refractivity contribution >= 4 is 132 Å². The van der Waals surface area contributed by atoms with E-state index in [1.165, 1.54) is 16.9 Å². The van der Waals surface area contributed by atoms with Crippen molar-refractivity contribution in [2.75, 3.05) is 9.80 Å². The van der Waals surface area contributed by atoms with Gasteiger partial charge in [-0.15, -0.1) is 11.3 Å². The van der Waals surface area contributed by atoms with Crippen LogP contribution in [0.5, 0.6) is 0 Å². The number of anilines is 6. The van der Waals surface area contributed by atoms with Crippen LogP contribution < -0.4 is 26.2 Å². The van der Waals surface area contributed by atoms with E-state index in [9.17, 15) is 13.7 Å². The van der Waals surface area contributed by atoms with Gasteiger partial charge in [-0.1, -0.05) is 262 Å². The van der Waals surface area contributed by atoms with E-state index in [0.717, 1.165) is 99.1 Å². The lowest BCUT2D eigenvalue weighted by atomic mass is 9.33. The van der Waals surface area contributed by atoms with Gasteiger partial charge in [-0.2, -0.15) is 0 Å². The predicted molar refractivity (Wildman–Crippen MR) is 414 cm³/mol.